The van der Waals surface area contributed by atoms with Crippen molar-refractivity contribution in [3.05, 3.63) is 36.0 Å². The largest absolute Gasteiger partial charge is 0.350 e. The number of benzene rings is 1. The molecular weight excluding hydrogens is 210 g/mol. The maximum absolute atomic E-state index is 11.4. The molecule has 0 fully saturated rings. The second-order valence-electron chi connectivity index (χ2n) is 5.43. The van der Waals surface area contributed by atoms with Crippen LogP contribution < -0.4 is 0 Å². The fourth-order valence-electron chi connectivity index (χ4n) is 2.60. The van der Waals surface area contributed by atoms with Crippen molar-refractivity contribution >= 4 is 16.7 Å². The molecule has 0 aliphatic rings. The molecule has 1 aromatic carbocycles. The zero-order chi connectivity index (χ0) is 12.6. The number of ketones is 1. The highest BCUT2D eigenvalue weighted by molar-refractivity contribution is 5.86. The van der Waals surface area contributed by atoms with Crippen molar-refractivity contribution in [2.75, 3.05) is 0 Å². The number of hydrogen-bond donors (Lipinski definition) is 0. The van der Waals surface area contributed by atoms with Gasteiger partial charge in [0.25, 0.3) is 0 Å². The van der Waals surface area contributed by atoms with Crippen LogP contribution in [0.2, 0.25) is 0 Å². The molecule has 1 heterocycles. The Hall–Kier alpha value is -1.57. The standard InChI is InChI=1S/C15H19NO/c1-11(17)9-15(2,3)13-10-16(4)14-8-6-5-7-12(13)14/h5-8,10H,9H2,1-4H3. The number of carbonyl (C=O) groups excluding carboxylic acids is 1. The van der Waals surface area contributed by atoms with E-state index in [-0.39, 0.29) is 11.2 Å². The van der Waals surface area contributed by atoms with Gasteiger partial charge in [0, 0.05) is 30.6 Å². The Kier molecular flexibility index (Phi) is 2.82. The third-order valence-corrected chi connectivity index (χ3v) is 3.32. The minimum atomic E-state index is -0.104. The highest BCUT2D eigenvalue weighted by Crippen LogP contribution is 2.34. The van der Waals surface area contributed by atoms with Crippen molar-refractivity contribution in [3.8, 4) is 0 Å². The molecule has 2 rings (SSSR count). The van der Waals surface area contributed by atoms with Crippen LogP contribution in [0.25, 0.3) is 10.9 Å². The molecule has 0 saturated heterocycles. The van der Waals surface area contributed by atoms with Gasteiger partial charge in [-0.25, -0.2) is 0 Å². The van der Waals surface area contributed by atoms with Crippen LogP contribution in [0.15, 0.2) is 30.5 Å². The molecule has 2 heteroatoms. The molecule has 0 bridgehead atoms. The summed E-state index contributed by atoms with van der Waals surface area (Å²) in [5.41, 5.74) is 2.37. The Morgan fingerprint density at radius 1 is 1.29 bits per heavy atom. The fourth-order valence-corrected chi connectivity index (χ4v) is 2.60. The normalized spacial score (nSPS) is 12.0. The first-order valence-electron chi connectivity index (χ1n) is 5.96. The molecule has 0 saturated carbocycles. The maximum atomic E-state index is 11.4. The molecule has 0 radical (unpaired) electrons. The molecule has 0 unspecified atom stereocenters. The number of rotatable bonds is 3. The highest BCUT2D eigenvalue weighted by atomic mass is 16.1. The molecule has 1 aromatic heterocycles. The van der Waals surface area contributed by atoms with Crippen LogP contribution in [0.5, 0.6) is 0 Å². The van der Waals surface area contributed by atoms with Crippen molar-refractivity contribution in [1.29, 1.82) is 0 Å². The summed E-state index contributed by atoms with van der Waals surface area (Å²) in [6.45, 7) is 5.93. The molecular formula is C15H19NO. The Balaban J connectivity index is 2.59. The average Bonchev–Trinajstić information content (AvgIpc) is 2.56. The van der Waals surface area contributed by atoms with Gasteiger partial charge >= 0.3 is 0 Å². The molecule has 0 atom stereocenters. The molecule has 0 amide bonds. The predicted molar refractivity (Wildman–Crippen MR) is 71.2 cm³/mol. The first kappa shape index (κ1) is 11.9. The van der Waals surface area contributed by atoms with Gasteiger partial charge < -0.3 is 4.57 Å². The SMILES string of the molecule is CC(=O)CC(C)(C)c1cn(C)c2ccccc12. The summed E-state index contributed by atoms with van der Waals surface area (Å²) in [6, 6.07) is 8.34. The van der Waals surface area contributed by atoms with Crippen LogP contribution in [0.3, 0.4) is 0 Å². The summed E-state index contributed by atoms with van der Waals surface area (Å²) >= 11 is 0. The lowest BCUT2D eigenvalue weighted by molar-refractivity contribution is -0.118. The number of aromatic nitrogens is 1. The molecule has 90 valence electrons. The number of nitrogens with zero attached hydrogens (tertiary/aromatic N) is 1. The van der Waals surface area contributed by atoms with E-state index in [4.69, 9.17) is 0 Å². The van der Waals surface area contributed by atoms with Gasteiger partial charge in [0.1, 0.15) is 5.78 Å². The van der Waals surface area contributed by atoms with Gasteiger partial charge in [-0.2, -0.15) is 0 Å². The quantitative estimate of drug-likeness (QED) is 0.790. The van der Waals surface area contributed by atoms with E-state index in [9.17, 15) is 4.79 Å². The number of carbonyl (C=O) groups is 1. The number of fused-ring (bicyclic) bond motifs is 1. The van der Waals surface area contributed by atoms with E-state index in [1.807, 2.05) is 6.07 Å². The Labute approximate surface area is 102 Å². The molecule has 17 heavy (non-hydrogen) atoms. The summed E-state index contributed by atoms with van der Waals surface area (Å²) in [7, 11) is 2.05. The molecule has 0 N–H and O–H groups in total. The van der Waals surface area contributed by atoms with Gasteiger partial charge in [-0.15, -0.1) is 0 Å². The second-order valence-corrected chi connectivity index (χ2v) is 5.43. The van der Waals surface area contributed by atoms with Gasteiger partial charge in [0.2, 0.25) is 0 Å². The molecule has 2 aromatic rings. The van der Waals surface area contributed by atoms with E-state index in [1.165, 1.54) is 16.5 Å². The van der Waals surface area contributed by atoms with Crippen molar-refractivity contribution in [2.45, 2.75) is 32.6 Å². The third kappa shape index (κ3) is 2.12. The van der Waals surface area contributed by atoms with Crippen molar-refractivity contribution in [1.82, 2.24) is 4.57 Å². The zero-order valence-corrected chi connectivity index (χ0v) is 10.9. The first-order chi connectivity index (χ1) is 7.92. The summed E-state index contributed by atoms with van der Waals surface area (Å²) in [6.07, 6.45) is 2.73. The minimum absolute atomic E-state index is 0.104. The monoisotopic (exact) mass is 229 g/mol. The van der Waals surface area contributed by atoms with Crippen molar-refractivity contribution in [2.24, 2.45) is 7.05 Å². The van der Waals surface area contributed by atoms with Gasteiger partial charge in [-0.3, -0.25) is 4.79 Å². The van der Waals surface area contributed by atoms with Gasteiger partial charge in [0.15, 0.2) is 0 Å². The van der Waals surface area contributed by atoms with Crippen LogP contribution in [-0.2, 0) is 17.3 Å². The van der Waals surface area contributed by atoms with Crippen LogP contribution in [-0.4, -0.2) is 10.4 Å². The lowest BCUT2D eigenvalue weighted by atomic mass is 9.80. The summed E-state index contributed by atoms with van der Waals surface area (Å²) in [5.74, 6) is 0.239. The lowest BCUT2D eigenvalue weighted by Crippen LogP contribution is -2.20. The average molecular weight is 229 g/mol. The summed E-state index contributed by atoms with van der Waals surface area (Å²) in [5, 5.41) is 1.25. The number of hydrogen-bond acceptors (Lipinski definition) is 1. The summed E-state index contributed by atoms with van der Waals surface area (Å²) < 4.78 is 2.13. The van der Waals surface area contributed by atoms with E-state index in [1.54, 1.807) is 6.92 Å². The van der Waals surface area contributed by atoms with Crippen LogP contribution >= 0.6 is 0 Å². The van der Waals surface area contributed by atoms with Gasteiger partial charge in [0.05, 0.1) is 0 Å². The van der Waals surface area contributed by atoms with Crippen LogP contribution in [0.1, 0.15) is 32.8 Å². The van der Waals surface area contributed by atoms with Crippen LogP contribution in [0, 0.1) is 0 Å². The van der Waals surface area contributed by atoms with E-state index >= 15 is 0 Å². The molecule has 0 spiro atoms. The maximum Gasteiger partial charge on any atom is 0.130 e. The van der Waals surface area contributed by atoms with E-state index in [2.05, 4.69) is 49.9 Å². The highest BCUT2D eigenvalue weighted by Gasteiger charge is 2.26. The molecule has 0 aliphatic heterocycles. The summed E-state index contributed by atoms with van der Waals surface area (Å²) in [4.78, 5) is 11.4. The lowest BCUT2D eigenvalue weighted by Gasteiger charge is -2.22. The number of Topliss-reactive ketones (excluding diaryl/α,β-unsaturated/α-hetero) is 1. The Bertz CT molecular complexity index is 563. The van der Waals surface area contributed by atoms with Gasteiger partial charge in [-0.05, 0) is 24.0 Å². The minimum Gasteiger partial charge on any atom is -0.350 e. The Morgan fingerprint density at radius 3 is 2.59 bits per heavy atom. The third-order valence-electron chi connectivity index (χ3n) is 3.32. The second kappa shape index (κ2) is 4.02. The zero-order valence-electron chi connectivity index (χ0n) is 10.9. The number of para-hydroxylation sites is 1. The van der Waals surface area contributed by atoms with E-state index in [0.717, 1.165) is 0 Å². The number of aryl methyl sites for hydroxylation is 1. The van der Waals surface area contributed by atoms with Crippen molar-refractivity contribution < 1.29 is 4.79 Å². The molecule has 0 aliphatic carbocycles. The first-order valence-corrected chi connectivity index (χ1v) is 5.96. The van der Waals surface area contributed by atoms with Crippen molar-refractivity contribution in [3.63, 3.8) is 0 Å². The predicted octanol–water partition coefficient (Wildman–Crippen LogP) is 3.44. The van der Waals surface area contributed by atoms with Gasteiger partial charge in [-0.1, -0.05) is 32.0 Å². The topological polar surface area (TPSA) is 22.0 Å². The van der Waals surface area contributed by atoms with E-state index in [0.29, 0.717) is 6.42 Å². The van der Waals surface area contributed by atoms with Crippen LogP contribution in [0.4, 0.5) is 0 Å². The molecule has 2 nitrogen and oxygen atoms in total. The fraction of sp³-hybridized carbons (Fsp3) is 0.400. The Morgan fingerprint density at radius 2 is 1.94 bits per heavy atom. The van der Waals surface area contributed by atoms with E-state index < -0.39 is 0 Å². The smallest absolute Gasteiger partial charge is 0.130 e.